The third-order valence-electron chi connectivity index (χ3n) is 4.02. The number of unbranched alkanes of at least 4 members (excludes halogenated alkanes) is 1. The van der Waals surface area contributed by atoms with Gasteiger partial charge in [-0.05, 0) is 24.5 Å². The summed E-state index contributed by atoms with van der Waals surface area (Å²) in [6, 6.07) is 8.56. The van der Waals surface area contributed by atoms with Gasteiger partial charge in [0.05, 0.1) is 0 Å². The van der Waals surface area contributed by atoms with E-state index in [0.717, 1.165) is 25.8 Å². The summed E-state index contributed by atoms with van der Waals surface area (Å²) >= 11 is 0. The number of hydrogen-bond acceptors (Lipinski definition) is 2. The van der Waals surface area contributed by atoms with Gasteiger partial charge >= 0.3 is 0 Å². The highest BCUT2D eigenvalue weighted by atomic mass is 16.2. The maximum absolute atomic E-state index is 12.6. The van der Waals surface area contributed by atoms with Crippen LogP contribution in [0.4, 0.5) is 0 Å². The van der Waals surface area contributed by atoms with Crippen molar-refractivity contribution in [3.8, 4) is 0 Å². The van der Waals surface area contributed by atoms with Gasteiger partial charge in [0.2, 0.25) is 5.91 Å². The molecule has 1 aromatic carbocycles. The van der Waals surface area contributed by atoms with Crippen molar-refractivity contribution in [2.24, 2.45) is 5.92 Å². The molecule has 22 heavy (non-hydrogen) atoms. The van der Waals surface area contributed by atoms with Crippen molar-refractivity contribution in [2.45, 2.75) is 46.1 Å². The maximum atomic E-state index is 12.6. The van der Waals surface area contributed by atoms with E-state index in [1.54, 1.807) is 17.0 Å². The molecule has 0 bridgehead atoms. The van der Waals surface area contributed by atoms with Gasteiger partial charge in [-0.3, -0.25) is 9.59 Å². The van der Waals surface area contributed by atoms with Crippen LogP contribution in [-0.4, -0.2) is 36.3 Å². The van der Waals surface area contributed by atoms with Gasteiger partial charge in [0.1, 0.15) is 6.04 Å². The van der Waals surface area contributed by atoms with Crippen molar-refractivity contribution >= 4 is 11.8 Å². The van der Waals surface area contributed by atoms with Crippen LogP contribution in [0.5, 0.6) is 0 Å². The third-order valence-corrected chi connectivity index (χ3v) is 4.02. The molecule has 0 radical (unpaired) electrons. The first kappa shape index (κ1) is 18.2. The lowest BCUT2D eigenvalue weighted by atomic mass is 9.97. The number of nitrogens with zero attached hydrogens (tertiary/aromatic N) is 1. The van der Waals surface area contributed by atoms with E-state index < -0.39 is 6.04 Å². The minimum absolute atomic E-state index is 0.00733. The number of carbonyl (C=O) groups excluding carboxylic acids is 2. The van der Waals surface area contributed by atoms with Gasteiger partial charge < -0.3 is 10.2 Å². The molecule has 0 heterocycles. The van der Waals surface area contributed by atoms with Crippen LogP contribution in [0.2, 0.25) is 0 Å². The minimum atomic E-state index is -0.473. The molecule has 2 amide bonds. The molecule has 0 saturated carbocycles. The molecule has 0 aliphatic carbocycles. The predicted molar refractivity (Wildman–Crippen MR) is 89.7 cm³/mol. The molecule has 4 nitrogen and oxygen atoms in total. The predicted octanol–water partition coefficient (Wildman–Crippen LogP) is 3.09. The lowest BCUT2D eigenvalue weighted by Crippen LogP contribution is -2.50. The van der Waals surface area contributed by atoms with Gasteiger partial charge in [-0.15, -0.1) is 0 Å². The number of rotatable bonds is 8. The molecule has 0 spiro atoms. The quantitative estimate of drug-likeness (QED) is 0.802. The Morgan fingerprint density at radius 2 is 1.82 bits per heavy atom. The van der Waals surface area contributed by atoms with Crippen LogP contribution in [0.3, 0.4) is 0 Å². The molecule has 0 aliphatic heterocycles. The van der Waals surface area contributed by atoms with Crippen LogP contribution in [0.15, 0.2) is 30.3 Å². The normalized spacial score (nSPS) is 13.3. The van der Waals surface area contributed by atoms with Crippen LogP contribution in [-0.2, 0) is 4.79 Å². The Hall–Kier alpha value is -1.84. The summed E-state index contributed by atoms with van der Waals surface area (Å²) in [5, 5.41) is 2.91. The Kier molecular flexibility index (Phi) is 7.64. The Balaban J connectivity index is 2.80. The molecular weight excluding hydrogens is 276 g/mol. The number of nitrogens with one attached hydrogen (secondary N) is 1. The first-order valence-electron chi connectivity index (χ1n) is 8.12. The third kappa shape index (κ3) is 5.17. The van der Waals surface area contributed by atoms with Crippen molar-refractivity contribution in [3.05, 3.63) is 35.9 Å². The molecule has 122 valence electrons. The van der Waals surface area contributed by atoms with Crippen LogP contribution < -0.4 is 5.32 Å². The van der Waals surface area contributed by atoms with E-state index in [1.165, 1.54) is 0 Å². The van der Waals surface area contributed by atoms with Gasteiger partial charge in [-0.2, -0.15) is 0 Å². The number of amides is 2. The smallest absolute Gasteiger partial charge is 0.251 e. The SMILES string of the molecule is CCCCN(C)C(=O)C(NC(=O)c1ccccc1)C(C)CC. The lowest BCUT2D eigenvalue weighted by Gasteiger charge is -2.28. The number of likely N-dealkylation sites (N-methyl/N-ethyl adjacent to an activating group) is 1. The summed E-state index contributed by atoms with van der Waals surface area (Å²) in [4.78, 5) is 26.7. The fourth-order valence-electron chi connectivity index (χ4n) is 2.24. The molecule has 0 aliphatic rings. The van der Waals surface area contributed by atoms with Crippen LogP contribution in [0, 0.1) is 5.92 Å². The first-order chi connectivity index (χ1) is 10.5. The van der Waals surface area contributed by atoms with E-state index in [1.807, 2.05) is 39.1 Å². The number of hydrogen-bond donors (Lipinski definition) is 1. The number of benzene rings is 1. The van der Waals surface area contributed by atoms with Crippen LogP contribution in [0.25, 0.3) is 0 Å². The summed E-state index contributed by atoms with van der Waals surface area (Å²) in [7, 11) is 1.81. The van der Waals surface area contributed by atoms with E-state index in [-0.39, 0.29) is 17.7 Å². The fraction of sp³-hybridized carbons (Fsp3) is 0.556. The summed E-state index contributed by atoms with van der Waals surface area (Å²) in [5.41, 5.74) is 0.583. The first-order valence-corrected chi connectivity index (χ1v) is 8.12. The average molecular weight is 304 g/mol. The lowest BCUT2D eigenvalue weighted by molar-refractivity contribution is -0.133. The van der Waals surface area contributed by atoms with Crippen molar-refractivity contribution in [1.82, 2.24) is 10.2 Å². The van der Waals surface area contributed by atoms with Crippen molar-refractivity contribution in [2.75, 3.05) is 13.6 Å². The summed E-state index contributed by atoms with van der Waals surface area (Å²) in [6.45, 7) is 6.86. The Labute approximate surface area is 133 Å². The zero-order chi connectivity index (χ0) is 16.5. The highest BCUT2D eigenvalue weighted by molar-refractivity contribution is 5.97. The molecular formula is C18H28N2O2. The largest absolute Gasteiger partial charge is 0.344 e. The molecule has 1 rings (SSSR count). The maximum Gasteiger partial charge on any atom is 0.251 e. The molecule has 2 unspecified atom stereocenters. The van der Waals surface area contributed by atoms with Crippen LogP contribution >= 0.6 is 0 Å². The topological polar surface area (TPSA) is 49.4 Å². The molecule has 2 atom stereocenters. The molecule has 1 aromatic rings. The van der Waals surface area contributed by atoms with E-state index in [4.69, 9.17) is 0 Å². The van der Waals surface area contributed by atoms with Crippen molar-refractivity contribution < 1.29 is 9.59 Å². The van der Waals surface area contributed by atoms with Crippen molar-refractivity contribution in [1.29, 1.82) is 0 Å². The average Bonchev–Trinajstić information content (AvgIpc) is 2.56. The summed E-state index contributed by atoms with van der Waals surface area (Å²) in [5.74, 6) is -0.0977. The highest BCUT2D eigenvalue weighted by Crippen LogP contribution is 2.12. The van der Waals surface area contributed by atoms with Gasteiger partial charge in [-0.1, -0.05) is 51.8 Å². The van der Waals surface area contributed by atoms with Gasteiger partial charge in [0, 0.05) is 19.2 Å². The molecule has 4 heteroatoms. The molecule has 0 fully saturated rings. The minimum Gasteiger partial charge on any atom is -0.344 e. The standard InChI is InChI=1S/C18H28N2O2/c1-5-7-13-20(4)18(22)16(14(3)6-2)19-17(21)15-11-9-8-10-12-15/h8-12,14,16H,5-7,13H2,1-4H3,(H,19,21). The zero-order valence-corrected chi connectivity index (χ0v) is 14.1. The van der Waals surface area contributed by atoms with E-state index >= 15 is 0 Å². The van der Waals surface area contributed by atoms with E-state index in [0.29, 0.717) is 5.56 Å². The fourth-order valence-corrected chi connectivity index (χ4v) is 2.24. The Morgan fingerprint density at radius 3 is 2.36 bits per heavy atom. The molecule has 0 saturated heterocycles. The molecule has 0 aromatic heterocycles. The number of carbonyl (C=O) groups is 2. The second-order valence-electron chi connectivity index (χ2n) is 5.82. The van der Waals surface area contributed by atoms with Gasteiger partial charge in [0.25, 0.3) is 5.91 Å². The van der Waals surface area contributed by atoms with Crippen LogP contribution in [0.1, 0.15) is 50.4 Å². The zero-order valence-electron chi connectivity index (χ0n) is 14.1. The summed E-state index contributed by atoms with van der Waals surface area (Å²) in [6.07, 6.45) is 2.86. The Bertz CT molecular complexity index is 473. The second kappa shape index (κ2) is 9.23. The monoisotopic (exact) mass is 304 g/mol. The Morgan fingerprint density at radius 1 is 1.18 bits per heavy atom. The molecule has 1 N–H and O–H groups in total. The summed E-state index contributed by atoms with van der Waals surface area (Å²) < 4.78 is 0. The van der Waals surface area contributed by atoms with E-state index in [2.05, 4.69) is 12.2 Å². The van der Waals surface area contributed by atoms with Gasteiger partial charge in [-0.25, -0.2) is 0 Å². The second-order valence-corrected chi connectivity index (χ2v) is 5.82. The highest BCUT2D eigenvalue weighted by Gasteiger charge is 2.28. The van der Waals surface area contributed by atoms with Gasteiger partial charge in [0.15, 0.2) is 0 Å². The van der Waals surface area contributed by atoms with Crippen molar-refractivity contribution in [3.63, 3.8) is 0 Å². The van der Waals surface area contributed by atoms with E-state index in [9.17, 15) is 9.59 Å².